The second kappa shape index (κ2) is 6.91. The van der Waals surface area contributed by atoms with E-state index in [1.165, 1.54) is 7.11 Å². The van der Waals surface area contributed by atoms with Crippen molar-refractivity contribution in [2.24, 2.45) is 0 Å². The van der Waals surface area contributed by atoms with Crippen molar-refractivity contribution in [1.82, 2.24) is 0 Å². The number of aryl methyl sites for hydroxylation is 1. The monoisotopic (exact) mass is 296 g/mol. The summed E-state index contributed by atoms with van der Waals surface area (Å²) in [6.45, 7) is 1.85. The number of methoxy groups -OCH3 is 1. The third-order valence-electron chi connectivity index (χ3n) is 2.50. The van der Waals surface area contributed by atoms with E-state index in [0.717, 1.165) is 5.56 Å². The zero-order valence-electron chi connectivity index (χ0n) is 11.3. The molecule has 0 saturated carbocycles. The summed E-state index contributed by atoms with van der Waals surface area (Å²) < 4.78 is 28.2. The van der Waals surface area contributed by atoms with Crippen LogP contribution in [0.3, 0.4) is 0 Å². The summed E-state index contributed by atoms with van der Waals surface area (Å²) in [5.74, 6) is -1.15. The molecule has 0 fully saturated rings. The first kappa shape index (κ1) is 16.0. The predicted octanol–water partition coefficient (Wildman–Crippen LogP) is 1.27. The van der Waals surface area contributed by atoms with E-state index in [2.05, 4.69) is 5.32 Å². The van der Waals surface area contributed by atoms with Crippen LogP contribution in [0.25, 0.3) is 0 Å². The average Bonchev–Trinajstić information content (AvgIpc) is 2.36. The normalized spacial score (nSPS) is 10.7. The lowest BCUT2D eigenvalue weighted by atomic mass is 10.2. The first-order valence-corrected chi connectivity index (χ1v) is 7.72. The van der Waals surface area contributed by atoms with Crippen LogP contribution >= 0.6 is 0 Å². The molecular weight excluding hydrogens is 280 g/mol. The number of carbonyl (C=O) groups is 1. The zero-order chi connectivity index (χ0) is 15.2. The molecule has 0 atom stereocenters. The van der Waals surface area contributed by atoms with Gasteiger partial charge in [0.2, 0.25) is 5.91 Å². The number of nitrogens with zero attached hydrogens (tertiary/aromatic N) is 1. The standard InChI is InChI=1S/C13H16N2O4S/c1-10-4-5-12(19-2)11(8-10)15-13(16)9-20(17,18)7-3-6-14/h4-5,8H,3,7,9H2,1-2H3,(H,15,16). The lowest BCUT2D eigenvalue weighted by Gasteiger charge is -2.11. The van der Waals surface area contributed by atoms with E-state index in [9.17, 15) is 13.2 Å². The highest BCUT2D eigenvalue weighted by atomic mass is 32.2. The van der Waals surface area contributed by atoms with Crippen LogP contribution in [0.5, 0.6) is 5.75 Å². The molecule has 20 heavy (non-hydrogen) atoms. The molecule has 1 aromatic carbocycles. The van der Waals surface area contributed by atoms with Gasteiger partial charge in [-0.15, -0.1) is 0 Å². The van der Waals surface area contributed by atoms with Gasteiger partial charge in [0.15, 0.2) is 9.84 Å². The van der Waals surface area contributed by atoms with Crippen molar-refractivity contribution in [2.75, 3.05) is 23.9 Å². The van der Waals surface area contributed by atoms with Crippen molar-refractivity contribution in [1.29, 1.82) is 5.26 Å². The molecule has 0 aliphatic heterocycles. The summed E-state index contributed by atoms with van der Waals surface area (Å²) in [7, 11) is -2.11. The summed E-state index contributed by atoms with van der Waals surface area (Å²) >= 11 is 0. The largest absolute Gasteiger partial charge is 0.495 e. The molecular formula is C13H16N2O4S. The van der Waals surface area contributed by atoms with Crippen molar-refractivity contribution < 1.29 is 17.9 Å². The first-order chi connectivity index (χ1) is 9.38. The number of carbonyl (C=O) groups excluding carboxylic acids is 1. The molecule has 0 aliphatic rings. The molecule has 0 spiro atoms. The number of hydrogen-bond donors (Lipinski definition) is 1. The summed E-state index contributed by atoms with van der Waals surface area (Å²) in [6.07, 6.45) is -0.122. The SMILES string of the molecule is COc1ccc(C)cc1NC(=O)CS(=O)(=O)CCC#N. The van der Waals surface area contributed by atoms with Gasteiger partial charge in [-0.1, -0.05) is 6.07 Å². The average molecular weight is 296 g/mol. The minimum Gasteiger partial charge on any atom is -0.495 e. The molecule has 1 N–H and O–H groups in total. The van der Waals surface area contributed by atoms with Gasteiger partial charge in [0, 0.05) is 6.42 Å². The fraction of sp³-hybridized carbons (Fsp3) is 0.385. The van der Waals surface area contributed by atoms with E-state index in [-0.39, 0.29) is 12.2 Å². The molecule has 7 heteroatoms. The van der Waals surface area contributed by atoms with E-state index in [4.69, 9.17) is 10.00 Å². The number of amides is 1. The summed E-state index contributed by atoms with van der Waals surface area (Å²) in [4.78, 5) is 11.7. The topological polar surface area (TPSA) is 96.3 Å². The molecule has 1 aromatic rings. The Morgan fingerprint density at radius 2 is 2.15 bits per heavy atom. The highest BCUT2D eigenvalue weighted by Crippen LogP contribution is 2.25. The molecule has 1 rings (SSSR count). The molecule has 0 aromatic heterocycles. The fourth-order valence-electron chi connectivity index (χ4n) is 1.58. The Bertz CT molecular complexity index is 632. The highest BCUT2D eigenvalue weighted by molar-refractivity contribution is 7.92. The lowest BCUT2D eigenvalue weighted by molar-refractivity contribution is -0.113. The van der Waals surface area contributed by atoms with Crippen LogP contribution in [0.4, 0.5) is 5.69 Å². The molecule has 108 valence electrons. The van der Waals surface area contributed by atoms with Crippen molar-refractivity contribution >= 4 is 21.4 Å². The zero-order valence-corrected chi connectivity index (χ0v) is 12.2. The van der Waals surface area contributed by atoms with E-state index >= 15 is 0 Å². The number of nitrogens with one attached hydrogen (secondary N) is 1. The fourth-order valence-corrected chi connectivity index (χ4v) is 2.60. The molecule has 0 heterocycles. The van der Waals surface area contributed by atoms with Crippen LogP contribution < -0.4 is 10.1 Å². The summed E-state index contributed by atoms with van der Waals surface area (Å²) in [5.41, 5.74) is 1.33. The third-order valence-corrected chi connectivity index (χ3v) is 4.03. The van der Waals surface area contributed by atoms with Crippen LogP contribution in [-0.4, -0.2) is 32.9 Å². The van der Waals surface area contributed by atoms with Gasteiger partial charge in [-0.25, -0.2) is 8.42 Å². The van der Waals surface area contributed by atoms with Gasteiger partial charge < -0.3 is 10.1 Å². The maximum Gasteiger partial charge on any atom is 0.239 e. The third kappa shape index (κ3) is 4.90. The van der Waals surface area contributed by atoms with Crippen molar-refractivity contribution in [2.45, 2.75) is 13.3 Å². The van der Waals surface area contributed by atoms with Crippen LogP contribution in [0, 0.1) is 18.3 Å². The van der Waals surface area contributed by atoms with Gasteiger partial charge in [-0.05, 0) is 24.6 Å². The Kier molecular flexibility index (Phi) is 5.53. The van der Waals surface area contributed by atoms with Gasteiger partial charge in [0.05, 0.1) is 24.6 Å². The number of anilines is 1. The van der Waals surface area contributed by atoms with Gasteiger partial charge in [0.25, 0.3) is 0 Å². The van der Waals surface area contributed by atoms with Crippen LogP contribution in [0.15, 0.2) is 18.2 Å². The van der Waals surface area contributed by atoms with E-state index in [1.54, 1.807) is 18.2 Å². The summed E-state index contributed by atoms with van der Waals surface area (Å²) in [5, 5.41) is 10.9. The Morgan fingerprint density at radius 1 is 1.45 bits per heavy atom. The molecule has 6 nitrogen and oxygen atoms in total. The Hall–Kier alpha value is -2.07. The Labute approximate surface area is 118 Å². The first-order valence-electron chi connectivity index (χ1n) is 5.90. The van der Waals surface area contributed by atoms with Gasteiger partial charge in [-0.3, -0.25) is 4.79 Å². The number of benzene rings is 1. The minimum atomic E-state index is -3.57. The number of rotatable bonds is 6. The highest BCUT2D eigenvalue weighted by Gasteiger charge is 2.17. The van der Waals surface area contributed by atoms with Crippen LogP contribution in [0.1, 0.15) is 12.0 Å². The molecule has 0 unspecified atom stereocenters. The second-order valence-corrected chi connectivity index (χ2v) is 6.44. The second-order valence-electron chi connectivity index (χ2n) is 4.25. The van der Waals surface area contributed by atoms with Crippen molar-refractivity contribution in [3.05, 3.63) is 23.8 Å². The van der Waals surface area contributed by atoms with Gasteiger partial charge in [-0.2, -0.15) is 5.26 Å². The molecule has 0 bridgehead atoms. The lowest BCUT2D eigenvalue weighted by Crippen LogP contribution is -2.24. The molecule has 0 aliphatic carbocycles. The maximum atomic E-state index is 11.7. The quantitative estimate of drug-likeness (QED) is 0.852. The number of ether oxygens (including phenoxy) is 1. The number of hydrogen-bond acceptors (Lipinski definition) is 5. The van der Waals surface area contributed by atoms with Gasteiger partial charge >= 0.3 is 0 Å². The Balaban J connectivity index is 2.77. The van der Waals surface area contributed by atoms with E-state index < -0.39 is 21.5 Å². The molecule has 0 radical (unpaired) electrons. The predicted molar refractivity (Wildman–Crippen MR) is 75.2 cm³/mol. The van der Waals surface area contributed by atoms with Crippen molar-refractivity contribution in [3.8, 4) is 11.8 Å². The Morgan fingerprint density at radius 3 is 2.75 bits per heavy atom. The molecule has 0 saturated heterocycles. The number of sulfone groups is 1. The van der Waals surface area contributed by atoms with Crippen molar-refractivity contribution in [3.63, 3.8) is 0 Å². The van der Waals surface area contributed by atoms with E-state index in [0.29, 0.717) is 11.4 Å². The van der Waals surface area contributed by atoms with Gasteiger partial charge in [0.1, 0.15) is 11.5 Å². The smallest absolute Gasteiger partial charge is 0.239 e. The maximum absolute atomic E-state index is 11.7. The summed E-state index contributed by atoms with van der Waals surface area (Å²) in [6, 6.07) is 6.94. The van der Waals surface area contributed by atoms with Crippen LogP contribution in [0.2, 0.25) is 0 Å². The van der Waals surface area contributed by atoms with Crippen LogP contribution in [-0.2, 0) is 14.6 Å². The minimum absolute atomic E-state index is 0.122. The van der Waals surface area contributed by atoms with E-state index in [1.807, 2.05) is 13.0 Å². The molecule has 1 amide bonds. The number of nitriles is 1.